The van der Waals surface area contributed by atoms with Crippen LogP contribution in [0.3, 0.4) is 0 Å². The van der Waals surface area contributed by atoms with Gasteiger partial charge in [0.05, 0.1) is 0 Å². The van der Waals surface area contributed by atoms with E-state index in [0.29, 0.717) is 12.4 Å². The largest absolute Gasteiger partial charge is 0.363 e. The molecule has 3 nitrogen and oxygen atoms in total. The Hall–Kier alpha value is -1.48. The zero-order valence-corrected chi connectivity index (χ0v) is 8.16. The van der Waals surface area contributed by atoms with Crippen LogP contribution in [0, 0.1) is 0 Å². The van der Waals surface area contributed by atoms with E-state index in [4.69, 9.17) is 11.6 Å². The summed E-state index contributed by atoms with van der Waals surface area (Å²) in [6.07, 6.45) is 1.52. The van der Waals surface area contributed by atoms with Crippen molar-refractivity contribution in [3.8, 4) is 0 Å². The van der Waals surface area contributed by atoms with Gasteiger partial charge in [-0.3, -0.25) is 0 Å². The van der Waals surface area contributed by atoms with Crippen LogP contribution in [0.2, 0.25) is 5.02 Å². The van der Waals surface area contributed by atoms with Crippen LogP contribution in [0.5, 0.6) is 0 Å². The molecular weight excluding hydrogens is 200 g/mol. The fourth-order valence-corrected chi connectivity index (χ4v) is 1.33. The summed E-state index contributed by atoms with van der Waals surface area (Å²) in [5.41, 5.74) is 1.04. The minimum absolute atomic E-state index is 0.645. The van der Waals surface area contributed by atoms with E-state index in [1.165, 1.54) is 6.26 Å². The number of anilines is 1. The lowest BCUT2D eigenvalue weighted by Crippen LogP contribution is -1.99. The van der Waals surface area contributed by atoms with Crippen molar-refractivity contribution in [2.45, 2.75) is 6.54 Å². The Morgan fingerprint density at radius 2 is 2.14 bits per heavy atom. The second-order valence-electron chi connectivity index (χ2n) is 2.83. The van der Waals surface area contributed by atoms with E-state index in [-0.39, 0.29) is 0 Å². The summed E-state index contributed by atoms with van der Waals surface area (Å²) in [4.78, 5) is 0. The second-order valence-corrected chi connectivity index (χ2v) is 3.24. The molecule has 0 unspecified atom stereocenters. The summed E-state index contributed by atoms with van der Waals surface area (Å²) < 4.78 is 4.69. The first-order chi connectivity index (χ1) is 6.86. The van der Waals surface area contributed by atoms with Gasteiger partial charge in [-0.25, -0.2) is 0 Å². The van der Waals surface area contributed by atoms with E-state index in [1.807, 2.05) is 24.3 Å². The maximum absolute atomic E-state index is 5.98. The zero-order chi connectivity index (χ0) is 9.80. The number of halogens is 1. The molecule has 0 aliphatic carbocycles. The van der Waals surface area contributed by atoms with Crippen LogP contribution < -0.4 is 5.32 Å². The summed E-state index contributed by atoms with van der Waals surface area (Å²) >= 11 is 5.98. The maximum atomic E-state index is 5.98. The molecule has 0 spiro atoms. The molecule has 1 N–H and O–H groups in total. The van der Waals surface area contributed by atoms with E-state index in [1.54, 1.807) is 6.07 Å². The smallest absolute Gasteiger partial charge is 0.169 e. The van der Waals surface area contributed by atoms with Crippen LogP contribution in [0.4, 0.5) is 5.82 Å². The van der Waals surface area contributed by atoms with Crippen LogP contribution in [0.15, 0.2) is 41.1 Å². The zero-order valence-electron chi connectivity index (χ0n) is 7.40. The number of rotatable bonds is 3. The van der Waals surface area contributed by atoms with Gasteiger partial charge in [-0.15, -0.1) is 0 Å². The van der Waals surface area contributed by atoms with Gasteiger partial charge in [-0.05, 0) is 11.6 Å². The van der Waals surface area contributed by atoms with E-state index in [2.05, 4.69) is 15.0 Å². The molecule has 0 fully saturated rings. The van der Waals surface area contributed by atoms with Gasteiger partial charge in [0, 0.05) is 17.6 Å². The van der Waals surface area contributed by atoms with Gasteiger partial charge >= 0.3 is 0 Å². The third-order valence-electron chi connectivity index (χ3n) is 1.86. The van der Waals surface area contributed by atoms with Crippen molar-refractivity contribution in [3.05, 3.63) is 47.2 Å². The van der Waals surface area contributed by atoms with Crippen molar-refractivity contribution in [1.82, 2.24) is 5.16 Å². The number of hydrogen-bond donors (Lipinski definition) is 1. The first kappa shape index (κ1) is 9.09. The molecule has 0 atom stereocenters. The quantitative estimate of drug-likeness (QED) is 0.843. The average Bonchev–Trinajstić information content (AvgIpc) is 2.69. The number of hydrogen-bond acceptors (Lipinski definition) is 3. The Bertz CT molecular complexity index is 400. The van der Waals surface area contributed by atoms with Crippen molar-refractivity contribution < 1.29 is 4.52 Å². The molecule has 4 heteroatoms. The highest BCUT2D eigenvalue weighted by molar-refractivity contribution is 6.31. The van der Waals surface area contributed by atoms with Crippen molar-refractivity contribution in [3.63, 3.8) is 0 Å². The summed E-state index contributed by atoms with van der Waals surface area (Å²) in [7, 11) is 0. The topological polar surface area (TPSA) is 38.1 Å². The third kappa shape index (κ3) is 2.06. The lowest BCUT2D eigenvalue weighted by molar-refractivity contribution is 0.422. The Morgan fingerprint density at radius 1 is 1.29 bits per heavy atom. The van der Waals surface area contributed by atoms with E-state index < -0.39 is 0 Å². The monoisotopic (exact) mass is 208 g/mol. The Kier molecular flexibility index (Phi) is 2.70. The molecule has 1 aromatic carbocycles. The molecular formula is C10H9ClN2O. The number of nitrogens with one attached hydrogen (secondary N) is 1. The van der Waals surface area contributed by atoms with Crippen molar-refractivity contribution in [2.75, 3.05) is 5.32 Å². The summed E-state index contributed by atoms with van der Waals surface area (Å²) in [6.45, 7) is 0.645. The molecule has 1 aromatic heterocycles. The van der Waals surface area contributed by atoms with E-state index in [9.17, 15) is 0 Å². The Balaban J connectivity index is 2.02. The molecule has 2 rings (SSSR count). The van der Waals surface area contributed by atoms with Crippen molar-refractivity contribution in [2.24, 2.45) is 0 Å². The predicted molar refractivity (Wildman–Crippen MR) is 55.3 cm³/mol. The fraction of sp³-hybridized carbons (Fsp3) is 0.100. The van der Waals surface area contributed by atoms with Crippen LogP contribution in [0.25, 0.3) is 0 Å². The van der Waals surface area contributed by atoms with Gasteiger partial charge < -0.3 is 9.84 Å². The van der Waals surface area contributed by atoms with Crippen molar-refractivity contribution >= 4 is 17.4 Å². The number of nitrogens with zero attached hydrogens (tertiary/aromatic N) is 1. The minimum Gasteiger partial charge on any atom is -0.363 e. The maximum Gasteiger partial charge on any atom is 0.169 e. The molecule has 0 radical (unpaired) electrons. The van der Waals surface area contributed by atoms with Crippen LogP contribution in [0.1, 0.15) is 5.56 Å². The summed E-state index contributed by atoms with van der Waals surface area (Å²) in [5.74, 6) is 0.713. The molecule has 14 heavy (non-hydrogen) atoms. The summed E-state index contributed by atoms with van der Waals surface area (Å²) in [6, 6.07) is 9.45. The number of aromatic nitrogens is 1. The molecule has 1 heterocycles. The van der Waals surface area contributed by atoms with Gasteiger partial charge in [-0.1, -0.05) is 35.0 Å². The van der Waals surface area contributed by atoms with Crippen LogP contribution >= 0.6 is 11.6 Å². The highest BCUT2D eigenvalue weighted by Gasteiger charge is 1.99. The molecule has 0 bridgehead atoms. The highest BCUT2D eigenvalue weighted by atomic mass is 35.5. The average molecular weight is 209 g/mol. The lowest BCUT2D eigenvalue weighted by atomic mass is 10.2. The molecule has 0 saturated carbocycles. The fourth-order valence-electron chi connectivity index (χ4n) is 1.13. The third-order valence-corrected chi connectivity index (χ3v) is 2.22. The minimum atomic E-state index is 0.645. The first-order valence-electron chi connectivity index (χ1n) is 4.24. The molecule has 0 aliphatic rings. The molecule has 72 valence electrons. The highest BCUT2D eigenvalue weighted by Crippen LogP contribution is 2.16. The van der Waals surface area contributed by atoms with Crippen LogP contribution in [-0.2, 0) is 6.54 Å². The molecule has 0 aliphatic heterocycles. The lowest BCUT2D eigenvalue weighted by Gasteiger charge is -2.03. The van der Waals surface area contributed by atoms with E-state index >= 15 is 0 Å². The van der Waals surface area contributed by atoms with Gasteiger partial charge in [-0.2, -0.15) is 0 Å². The van der Waals surface area contributed by atoms with Crippen molar-refractivity contribution in [1.29, 1.82) is 0 Å². The van der Waals surface area contributed by atoms with Gasteiger partial charge in [0.25, 0.3) is 0 Å². The molecule has 0 saturated heterocycles. The second kappa shape index (κ2) is 4.15. The Morgan fingerprint density at radius 3 is 2.86 bits per heavy atom. The van der Waals surface area contributed by atoms with E-state index in [0.717, 1.165) is 10.6 Å². The first-order valence-corrected chi connectivity index (χ1v) is 4.62. The van der Waals surface area contributed by atoms with Gasteiger partial charge in [0.2, 0.25) is 0 Å². The normalized spacial score (nSPS) is 10.1. The van der Waals surface area contributed by atoms with Gasteiger partial charge in [0.15, 0.2) is 5.82 Å². The molecule has 2 aromatic rings. The number of benzene rings is 1. The molecule has 0 amide bonds. The standard InChI is InChI=1S/C10H9ClN2O/c11-9-4-2-1-3-8(9)7-12-10-5-6-14-13-10/h1-6H,7H2,(H,12,13). The summed E-state index contributed by atoms with van der Waals surface area (Å²) in [5, 5.41) is 7.58. The Labute approximate surface area is 86.7 Å². The van der Waals surface area contributed by atoms with Crippen LogP contribution in [-0.4, -0.2) is 5.16 Å². The van der Waals surface area contributed by atoms with Gasteiger partial charge in [0.1, 0.15) is 6.26 Å². The SMILES string of the molecule is Clc1ccccc1CNc1ccon1. The predicted octanol–water partition coefficient (Wildman–Crippen LogP) is 2.94.